The molecule has 0 spiro atoms. The Bertz CT molecular complexity index is 377. The van der Waals surface area contributed by atoms with Crippen molar-refractivity contribution in [1.82, 2.24) is 4.90 Å². The molecule has 0 aromatic carbocycles. The Labute approximate surface area is 122 Å². The van der Waals surface area contributed by atoms with Crippen LogP contribution in [0, 0.1) is 0 Å². The molecule has 1 amide bonds. The van der Waals surface area contributed by atoms with Gasteiger partial charge in [-0.25, -0.2) is 0 Å². The van der Waals surface area contributed by atoms with E-state index >= 15 is 0 Å². The van der Waals surface area contributed by atoms with Crippen molar-refractivity contribution in [3.8, 4) is 0 Å². The summed E-state index contributed by atoms with van der Waals surface area (Å²) in [6, 6.07) is 4.50. The molecule has 1 saturated heterocycles. The van der Waals surface area contributed by atoms with Gasteiger partial charge in [-0.2, -0.15) is 0 Å². The van der Waals surface area contributed by atoms with E-state index in [4.69, 9.17) is 0 Å². The van der Waals surface area contributed by atoms with E-state index in [1.165, 1.54) is 11.3 Å². The van der Waals surface area contributed by atoms with Crippen LogP contribution in [0.1, 0.15) is 37.5 Å². The van der Waals surface area contributed by atoms with Gasteiger partial charge in [0.1, 0.15) is 0 Å². The fourth-order valence-electron chi connectivity index (χ4n) is 2.61. The Balaban J connectivity index is 1.97. The summed E-state index contributed by atoms with van der Waals surface area (Å²) in [7, 11) is 0. The van der Waals surface area contributed by atoms with Crippen LogP contribution in [0.5, 0.6) is 0 Å². The topological polar surface area (TPSA) is 20.3 Å². The first-order chi connectivity index (χ1) is 8.66. The standard InChI is InChI=1S/C14H20BrNOS/c1-11(15)9-12-5-2-3-7-16(12)14(17)10-13-6-4-8-18-13/h4,6,8,11-12H,2-3,5,7,9-10H2,1H3. The predicted molar refractivity (Wildman–Crippen MR) is 80.4 cm³/mol. The van der Waals surface area contributed by atoms with Gasteiger partial charge in [-0.1, -0.05) is 28.9 Å². The molecule has 1 fully saturated rings. The molecule has 2 heterocycles. The third-order valence-electron chi connectivity index (χ3n) is 3.45. The van der Waals surface area contributed by atoms with Crippen LogP contribution in [0.15, 0.2) is 17.5 Å². The SMILES string of the molecule is CC(Br)CC1CCCCN1C(=O)Cc1cccs1. The van der Waals surface area contributed by atoms with Crippen molar-refractivity contribution in [2.24, 2.45) is 0 Å². The third kappa shape index (κ3) is 3.82. The van der Waals surface area contributed by atoms with Crippen molar-refractivity contribution in [1.29, 1.82) is 0 Å². The van der Waals surface area contributed by atoms with E-state index < -0.39 is 0 Å². The van der Waals surface area contributed by atoms with Gasteiger partial charge in [-0.3, -0.25) is 4.79 Å². The zero-order chi connectivity index (χ0) is 13.0. The molecule has 2 rings (SSSR count). The van der Waals surface area contributed by atoms with Gasteiger partial charge in [0.25, 0.3) is 0 Å². The number of nitrogens with zero attached hydrogens (tertiary/aromatic N) is 1. The van der Waals surface area contributed by atoms with Gasteiger partial charge in [-0.15, -0.1) is 11.3 Å². The Kier molecular flexibility index (Phi) is 5.25. The smallest absolute Gasteiger partial charge is 0.228 e. The van der Waals surface area contributed by atoms with Crippen molar-refractivity contribution in [2.45, 2.75) is 49.9 Å². The normalized spacial score (nSPS) is 21.9. The second-order valence-electron chi connectivity index (χ2n) is 5.01. The van der Waals surface area contributed by atoms with E-state index in [9.17, 15) is 4.79 Å². The van der Waals surface area contributed by atoms with Gasteiger partial charge in [0.05, 0.1) is 6.42 Å². The van der Waals surface area contributed by atoms with Crippen LogP contribution < -0.4 is 0 Å². The molecule has 2 unspecified atom stereocenters. The van der Waals surface area contributed by atoms with Crippen molar-refractivity contribution >= 4 is 33.2 Å². The molecule has 1 aromatic heterocycles. The van der Waals surface area contributed by atoms with Crippen molar-refractivity contribution in [3.05, 3.63) is 22.4 Å². The zero-order valence-electron chi connectivity index (χ0n) is 10.8. The maximum Gasteiger partial charge on any atom is 0.228 e. The number of amides is 1. The van der Waals surface area contributed by atoms with Crippen LogP contribution in [-0.4, -0.2) is 28.2 Å². The van der Waals surface area contributed by atoms with Crippen LogP contribution in [-0.2, 0) is 11.2 Å². The molecule has 0 N–H and O–H groups in total. The minimum absolute atomic E-state index is 0.301. The van der Waals surface area contributed by atoms with Gasteiger partial charge in [0.2, 0.25) is 5.91 Å². The fourth-order valence-corrected chi connectivity index (χ4v) is 3.74. The van der Waals surface area contributed by atoms with E-state index in [-0.39, 0.29) is 0 Å². The van der Waals surface area contributed by atoms with Gasteiger partial charge in [-0.05, 0) is 37.1 Å². The average molecular weight is 330 g/mol. The van der Waals surface area contributed by atoms with E-state index in [0.717, 1.165) is 25.8 Å². The first-order valence-corrected chi connectivity index (χ1v) is 8.42. The maximum absolute atomic E-state index is 12.4. The van der Waals surface area contributed by atoms with Crippen LogP contribution in [0.4, 0.5) is 0 Å². The van der Waals surface area contributed by atoms with Gasteiger partial charge in [0.15, 0.2) is 0 Å². The second kappa shape index (κ2) is 6.71. The molecule has 0 aliphatic carbocycles. The number of alkyl halides is 1. The molecule has 1 aliphatic rings. The molecule has 0 radical (unpaired) electrons. The fraction of sp³-hybridized carbons (Fsp3) is 0.643. The number of carbonyl (C=O) groups is 1. The Morgan fingerprint density at radius 1 is 1.61 bits per heavy atom. The van der Waals surface area contributed by atoms with Crippen LogP contribution >= 0.6 is 27.3 Å². The minimum Gasteiger partial charge on any atom is -0.339 e. The Morgan fingerprint density at radius 3 is 3.11 bits per heavy atom. The van der Waals surface area contributed by atoms with Crippen LogP contribution in [0.2, 0.25) is 0 Å². The van der Waals surface area contributed by atoms with Gasteiger partial charge < -0.3 is 4.90 Å². The highest BCUT2D eigenvalue weighted by molar-refractivity contribution is 9.09. The number of rotatable bonds is 4. The summed E-state index contributed by atoms with van der Waals surface area (Å²) in [4.78, 5) is 16.1. The molecule has 100 valence electrons. The molecule has 4 heteroatoms. The monoisotopic (exact) mass is 329 g/mol. The van der Waals surface area contributed by atoms with Crippen LogP contribution in [0.3, 0.4) is 0 Å². The highest BCUT2D eigenvalue weighted by Crippen LogP contribution is 2.24. The average Bonchev–Trinajstić information content (AvgIpc) is 2.81. The highest BCUT2D eigenvalue weighted by atomic mass is 79.9. The number of thiophene rings is 1. The van der Waals surface area contributed by atoms with Crippen molar-refractivity contribution in [2.75, 3.05) is 6.54 Å². The molecule has 2 atom stereocenters. The summed E-state index contributed by atoms with van der Waals surface area (Å²) >= 11 is 5.28. The lowest BCUT2D eigenvalue weighted by molar-refractivity contribution is -0.134. The quantitative estimate of drug-likeness (QED) is 0.768. The van der Waals surface area contributed by atoms with Gasteiger partial charge in [0, 0.05) is 22.3 Å². The number of carbonyl (C=O) groups excluding carboxylic acids is 1. The summed E-state index contributed by atoms with van der Waals surface area (Å²) in [6.07, 6.45) is 5.21. The summed E-state index contributed by atoms with van der Waals surface area (Å²) in [5.41, 5.74) is 0. The molecule has 1 aromatic rings. The highest BCUT2D eigenvalue weighted by Gasteiger charge is 2.27. The minimum atomic E-state index is 0.301. The predicted octanol–water partition coefficient (Wildman–Crippen LogP) is 3.85. The summed E-state index contributed by atoms with van der Waals surface area (Å²) in [5.74, 6) is 0.301. The summed E-state index contributed by atoms with van der Waals surface area (Å²) in [5, 5.41) is 2.04. The van der Waals surface area contributed by atoms with E-state index in [0.29, 0.717) is 23.2 Å². The lowest BCUT2D eigenvalue weighted by Crippen LogP contribution is -2.45. The van der Waals surface area contributed by atoms with E-state index in [1.807, 2.05) is 11.4 Å². The molecule has 2 nitrogen and oxygen atoms in total. The number of hydrogen-bond donors (Lipinski definition) is 0. The van der Waals surface area contributed by atoms with Crippen molar-refractivity contribution < 1.29 is 4.79 Å². The van der Waals surface area contributed by atoms with Crippen molar-refractivity contribution in [3.63, 3.8) is 0 Å². The summed E-state index contributed by atoms with van der Waals surface area (Å²) in [6.45, 7) is 3.10. The maximum atomic E-state index is 12.4. The molecule has 1 aliphatic heterocycles. The molecule has 0 saturated carbocycles. The molecule has 18 heavy (non-hydrogen) atoms. The van der Waals surface area contributed by atoms with E-state index in [1.54, 1.807) is 11.3 Å². The number of hydrogen-bond acceptors (Lipinski definition) is 2. The number of piperidine rings is 1. The molecular formula is C14H20BrNOS. The Hall–Kier alpha value is -0.350. The largest absolute Gasteiger partial charge is 0.339 e. The lowest BCUT2D eigenvalue weighted by Gasteiger charge is -2.36. The lowest BCUT2D eigenvalue weighted by atomic mass is 9.97. The number of halogens is 1. The third-order valence-corrected chi connectivity index (χ3v) is 4.70. The van der Waals surface area contributed by atoms with Gasteiger partial charge >= 0.3 is 0 Å². The molecular weight excluding hydrogens is 310 g/mol. The van der Waals surface area contributed by atoms with E-state index in [2.05, 4.69) is 33.8 Å². The first kappa shape index (κ1) is 14.1. The zero-order valence-corrected chi connectivity index (χ0v) is 13.2. The second-order valence-corrected chi connectivity index (χ2v) is 7.60. The summed E-state index contributed by atoms with van der Waals surface area (Å²) < 4.78 is 0. The molecule has 0 bridgehead atoms. The number of likely N-dealkylation sites (tertiary alicyclic amines) is 1. The van der Waals surface area contributed by atoms with Crippen LogP contribution in [0.25, 0.3) is 0 Å². The Morgan fingerprint density at radius 2 is 2.44 bits per heavy atom. The first-order valence-electron chi connectivity index (χ1n) is 6.62.